The van der Waals surface area contributed by atoms with Crippen LogP contribution >= 0.6 is 11.8 Å². The van der Waals surface area contributed by atoms with Gasteiger partial charge in [0.25, 0.3) is 0 Å². The van der Waals surface area contributed by atoms with Crippen LogP contribution in [0.25, 0.3) is 0 Å². The molecule has 3 nitrogen and oxygen atoms in total. The number of ketones is 1. The molecule has 0 bridgehead atoms. The predicted molar refractivity (Wildman–Crippen MR) is 72.9 cm³/mol. The molecule has 1 atom stereocenters. The quantitative estimate of drug-likeness (QED) is 0.855. The minimum Gasteiger partial charge on any atom is -0.342 e. The molecule has 0 aliphatic carbocycles. The van der Waals surface area contributed by atoms with Crippen molar-refractivity contribution in [2.75, 3.05) is 13.1 Å². The lowest BCUT2D eigenvalue weighted by Gasteiger charge is -2.27. The molecule has 1 heterocycles. The molecule has 0 radical (unpaired) electrons. The van der Waals surface area contributed by atoms with Crippen LogP contribution in [-0.2, 0) is 4.79 Å². The summed E-state index contributed by atoms with van der Waals surface area (Å²) in [5.74, 6) is -0.507. The molecule has 1 aromatic carbocycles. The van der Waals surface area contributed by atoms with Gasteiger partial charge in [-0.15, -0.1) is 11.8 Å². The van der Waals surface area contributed by atoms with Crippen LogP contribution in [0.15, 0.2) is 23.1 Å². The van der Waals surface area contributed by atoms with Gasteiger partial charge in [-0.05, 0) is 32.0 Å². The number of rotatable bonds is 3. The molecule has 0 aromatic heterocycles. The second kappa shape index (κ2) is 5.74. The standard InChI is InChI=1S/C14H16FNO2S/c1-3-16(4-2)14(18)13-8-11(17)10-6-5-9(15)7-12(10)19-13/h5-7,13H,3-4,8H2,1-2H3. The summed E-state index contributed by atoms with van der Waals surface area (Å²) in [4.78, 5) is 26.5. The molecule has 102 valence electrons. The normalized spacial score (nSPS) is 18.1. The van der Waals surface area contributed by atoms with E-state index in [1.54, 1.807) is 4.90 Å². The maximum atomic E-state index is 13.2. The van der Waals surface area contributed by atoms with Gasteiger partial charge in [0.05, 0.1) is 5.25 Å². The first kappa shape index (κ1) is 14.1. The third kappa shape index (κ3) is 2.81. The number of hydrogen-bond acceptors (Lipinski definition) is 3. The lowest BCUT2D eigenvalue weighted by Crippen LogP contribution is -2.39. The Morgan fingerprint density at radius 3 is 2.74 bits per heavy atom. The molecule has 1 unspecified atom stereocenters. The number of thioether (sulfide) groups is 1. The summed E-state index contributed by atoms with van der Waals surface area (Å²) in [5.41, 5.74) is 0.523. The molecule has 0 fully saturated rings. The van der Waals surface area contributed by atoms with Gasteiger partial charge in [0, 0.05) is 30.0 Å². The Hall–Kier alpha value is -1.36. The highest BCUT2D eigenvalue weighted by Gasteiger charge is 2.32. The van der Waals surface area contributed by atoms with Crippen molar-refractivity contribution in [2.24, 2.45) is 0 Å². The van der Waals surface area contributed by atoms with Gasteiger partial charge >= 0.3 is 0 Å². The lowest BCUT2D eigenvalue weighted by atomic mass is 10.0. The molecular formula is C14H16FNO2S. The summed E-state index contributed by atoms with van der Waals surface area (Å²) in [6.07, 6.45) is 0.193. The van der Waals surface area contributed by atoms with Crippen molar-refractivity contribution in [3.63, 3.8) is 0 Å². The van der Waals surface area contributed by atoms with E-state index in [1.165, 1.54) is 30.0 Å². The number of halogens is 1. The van der Waals surface area contributed by atoms with Crippen molar-refractivity contribution in [2.45, 2.75) is 30.4 Å². The van der Waals surface area contributed by atoms with Gasteiger partial charge in [-0.1, -0.05) is 0 Å². The highest BCUT2D eigenvalue weighted by Crippen LogP contribution is 2.36. The number of benzene rings is 1. The fourth-order valence-electron chi connectivity index (χ4n) is 2.17. The lowest BCUT2D eigenvalue weighted by molar-refractivity contribution is -0.130. The molecule has 1 aliphatic rings. The number of amides is 1. The van der Waals surface area contributed by atoms with Gasteiger partial charge in [-0.2, -0.15) is 0 Å². The Bertz CT molecular complexity index is 514. The Morgan fingerprint density at radius 2 is 2.11 bits per heavy atom. The molecule has 1 amide bonds. The molecule has 0 saturated carbocycles. The van der Waals surface area contributed by atoms with Crippen molar-refractivity contribution in [3.05, 3.63) is 29.6 Å². The molecule has 0 saturated heterocycles. The molecule has 1 aromatic rings. The maximum absolute atomic E-state index is 13.2. The molecule has 1 aliphatic heterocycles. The molecular weight excluding hydrogens is 265 g/mol. The first-order chi connectivity index (χ1) is 9.06. The Morgan fingerprint density at radius 1 is 1.42 bits per heavy atom. The van der Waals surface area contributed by atoms with Crippen LogP contribution in [-0.4, -0.2) is 34.9 Å². The van der Waals surface area contributed by atoms with E-state index in [2.05, 4.69) is 0 Å². The van der Waals surface area contributed by atoms with Crippen LogP contribution in [0.5, 0.6) is 0 Å². The van der Waals surface area contributed by atoms with Crippen LogP contribution in [0.3, 0.4) is 0 Å². The fraction of sp³-hybridized carbons (Fsp3) is 0.429. The zero-order valence-corrected chi connectivity index (χ0v) is 11.8. The van der Waals surface area contributed by atoms with Crippen molar-refractivity contribution >= 4 is 23.5 Å². The predicted octanol–water partition coefficient (Wildman–Crippen LogP) is 2.74. The minimum atomic E-state index is -0.429. The van der Waals surface area contributed by atoms with E-state index >= 15 is 0 Å². The van der Waals surface area contributed by atoms with Crippen molar-refractivity contribution < 1.29 is 14.0 Å². The van der Waals surface area contributed by atoms with Crippen LogP contribution in [0.4, 0.5) is 4.39 Å². The Kier molecular flexibility index (Phi) is 4.24. The molecule has 0 spiro atoms. The summed E-state index contributed by atoms with van der Waals surface area (Å²) in [5, 5.41) is -0.429. The summed E-state index contributed by atoms with van der Waals surface area (Å²) >= 11 is 1.29. The highest BCUT2D eigenvalue weighted by molar-refractivity contribution is 8.00. The van der Waals surface area contributed by atoms with E-state index in [4.69, 9.17) is 0 Å². The summed E-state index contributed by atoms with van der Waals surface area (Å²) in [7, 11) is 0. The van der Waals surface area contributed by atoms with E-state index in [1.807, 2.05) is 13.8 Å². The van der Waals surface area contributed by atoms with E-state index in [-0.39, 0.29) is 23.9 Å². The Labute approximate surface area is 116 Å². The van der Waals surface area contributed by atoms with Gasteiger partial charge in [0.2, 0.25) is 5.91 Å². The van der Waals surface area contributed by atoms with Crippen LogP contribution in [0.1, 0.15) is 30.6 Å². The zero-order valence-electron chi connectivity index (χ0n) is 11.0. The van der Waals surface area contributed by atoms with Gasteiger partial charge in [0.15, 0.2) is 5.78 Å². The molecule has 19 heavy (non-hydrogen) atoms. The maximum Gasteiger partial charge on any atom is 0.236 e. The third-order valence-electron chi connectivity index (χ3n) is 3.23. The Balaban J connectivity index is 2.25. The van der Waals surface area contributed by atoms with Gasteiger partial charge < -0.3 is 4.90 Å². The average Bonchev–Trinajstić information content (AvgIpc) is 2.39. The second-order valence-corrected chi connectivity index (χ2v) is 5.63. The highest BCUT2D eigenvalue weighted by atomic mass is 32.2. The first-order valence-electron chi connectivity index (χ1n) is 6.35. The van der Waals surface area contributed by atoms with Crippen LogP contribution in [0.2, 0.25) is 0 Å². The fourth-order valence-corrected chi connectivity index (χ4v) is 3.45. The number of fused-ring (bicyclic) bond motifs is 1. The van der Waals surface area contributed by atoms with Crippen molar-refractivity contribution in [1.29, 1.82) is 0 Å². The number of carbonyl (C=O) groups is 2. The largest absolute Gasteiger partial charge is 0.342 e. The molecule has 0 N–H and O–H groups in total. The molecule has 5 heteroatoms. The van der Waals surface area contributed by atoms with Crippen LogP contribution in [0, 0.1) is 5.82 Å². The summed E-state index contributed by atoms with van der Waals surface area (Å²) in [6, 6.07) is 4.11. The number of nitrogens with zero attached hydrogens (tertiary/aromatic N) is 1. The van der Waals surface area contributed by atoms with Gasteiger partial charge in [0.1, 0.15) is 5.82 Å². The minimum absolute atomic E-state index is 0.0433. The average molecular weight is 281 g/mol. The smallest absolute Gasteiger partial charge is 0.236 e. The van der Waals surface area contributed by atoms with Gasteiger partial charge in [-0.3, -0.25) is 9.59 Å². The first-order valence-corrected chi connectivity index (χ1v) is 7.23. The van der Waals surface area contributed by atoms with E-state index < -0.39 is 5.25 Å². The summed E-state index contributed by atoms with van der Waals surface area (Å²) < 4.78 is 13.2. The molecule has 2 rings (SSSR count). The second-order valence-electron chi connectivity index (χ2n) is 4.38. The SMILES string of the molecule is CCN(CC)C(=O)C1CC(=O)c2ccc(F)cc2S1. The number of carbonyl (C=O) groups excluding carboxylic acids is 2. The topological polar surface area (TPSA) is 37.4 Å². The van der Waals surface area contributed by atoms with Crippen LogP contribution < -0.4 is 0 Å². The number of hydrogen-bond donors (Lipinski definition) is 0. The van der Waals surface area contributed by atoms with Crippen molar-refractivity contribution in [3.8, 4) is 0 Å². The monoisotopic (exact) mass is 281 g/mol. The van der Waals surface area contributed by atoms with Gasteiger partial charge in [-0.25, -0.2) is 4.39 Å². The van der Waals surface area contributed by atoms with E-state index in [0.717, 1.165) is 0 Å². The zero-order chi connectivity index (χ0) is 14.0. The number of Topliss-reactive ketones (excluding diaryl/α,β-unsaturated/α-hetero) is 1. The third-order valence-corrected chi connectivity index (χ3v) is 4.48. The van der Waals surface area contributed by atoms with E-state index in [9.17, 15) is 14.0 Å². The van der Waals surface area contributed by atoms with Crippen molar-refractivity contribution in [1.82, 2.24) is 4.90 Å². The van der Waals surface area contributed by atoms with E-state index in [0.29, 0.717) is 23.5 Å². The summed E-state index contributed by atoms with van der Waals surface area (Å²) in [6.45, 7) is 5.06.